The molecule has 0 aliphatic rings. The maximum atomic E-state index is 11.4. The number of alkyl carbamates (subject to hydrolysis) is 1. The van der Waals surface area contributed by atoms with E-state index in [-0.39, 0.29) is 12.2 Å². The van der Waals surface area contributed by atoms with Gasteiger partial charge in [-0.3, -0.25) is 10.1 Å². The van der Waals surface area contributed by atoms with E-state index in [2.05, 4.69) is 5.32 Å². The van der Waals surface area contributed by atoms with E-state index in [0.717, 1.165) is 5.56 Å². The second-order valence-corrected chi connectivity index (χ2v) is 5.60. The number of rotatable bonds is 4. The molecule has 0 unspecified atom stereocenters. The van der Waals surface area contributed by atoms with Crippen molar-refractivity contribution in [1.29, 1.82) is 0 Å². The fraction of sp³-hybridized carbons (Fsp3) is 0.400. The Kier molecular flexibility index (Phi) is 5.46. The van der Waals surface area contributed by atoms with Crippen molar-refractivity contribution < 1.29 is 14.5 Å². The number of carbonyl (C=O) groups excluding carboxylic acids is 1. The number of nitrogens with one attached hydrogen (secondary N) is 1. The van der Waals surface area contributed by atoms with Gasteiger partial charge in [-0.1, -0.05) is 23.8 Å². The van der Waals surface area contributed by atoms with Crippen molar-refractivity contribution in [3.05, 3.63) is 45.5 Å². The lowest BCUT2D eigenvalue weighted by molar-refractivity contribution is -0.385. The summed E-state index contributed by atoms with van der Waals surface area (Å²) in [5.41, 5.74) is 0.920. The number of hydrogen-bond acceptors (Lipinski definition) is 4. The average molecular weight is 292 g/mol. The molecule has 0 atom stereocenters. The first-order valence-electron chi connectivity index (χ1n) is 6.57. The van der Waals surface area contributed by atoms with Crippen LogP contribution in [-0.4, -0.2) is 23.2 Å². The predicted octanol–water partition coefficient (Wildman–Crippen LogP) is 3.44. The minimum Gasteiger partial charge on any atom is -0.444 e. The smallest absolute Gasteiger partial charge is 0.407 e. The molecule has 1 N–H and O–H groups in total. The van der Waals surface area contributed by atoms with Crippen LogP contribution in [0.4, 0.5) is 10.5 Å². The van der Waals surface area contributed by atoms with Gasteiger partial charge in [-0.2, -0.15) is 0 Å². The topological polar surface area (TPSA) is 81.5 Å². The molecule has 0 spiro atoms. The highest BCUT2D eigenvalue weighted by Crippen LogP contribution is 2.20. The summed E-state index contributed by atoms with van der Waals surface area (Å²) >= 11 is 0. The third-order valence-electron chi connectivity index (χ3n) is 2.44. The number of hydrogen-bond donors (Lipinski definition) is 1. The third kappa shape index (κ3) is 6.07. The molecule has 0 bridgehead atoms. The second kappa shape index (κ2) is 6.88. The van der Waals surface area contributed by atoms with Crippen molar-refractivity contribution in [2.45, 2.75) is 33.3 Å². The highest BCUT2D eigenvalue weighted by Gasteiger charge is 2.15. The van der Waals surface area contributed by atoms with Gasteiger partial charge in [0.15, 0.2) is 0 Å². The van der Waals surface area contributed by atoms with E-state index in [1.165, 1.54) is 6.07 Å². The lowest BCUT2D eigenvalue weighted by Gasteiger charge is -2.19. The number of ether oxygens (including phenoxy) is 1. The van der Waals surface area contributed by atoms with Gasteiger partial charge >= 0.3 is 6.09 Å². The third-order valence-corrected chi connectivity index (χ3v) is 2.44. The molecule has 0 saturated carbocycles. The molecule has 1 rings (SSSR count). The molecule has 0 aromatic heterocycles. The molecule has 0 aliphatic carbocycles. The number of benzene rings is 1. The molecule has 0 fully saturated rings. The first kappa shape index (κ1) is 16.7. The number of carbonyl (C=O) groups is 1. The van der Waals surface area contributed by atoms with Crippen molar-refractivity contribution >= 4 is 17.9 Å². The molecule has 0 aliphatic heterocycles. The Labute approximate surface area is 124 Å². The lowest BCUT2D eigenvalue weighted by Crippen LogP contribution is -2.32. The summed E-state index contributed by atoms with van der Waals surface area (Å²) in [6.07, 6.45) is 2.74. The van der Waals surface area contributed by atoms with Crippen molar-refractivity contribution in [2.24, 2.45) is 0 Å². The summed E-state index contributed by atoms with van der Waals surface area (Å²) in [5.74, 6) is 0. The molecule has 0 heterocycles. The average Bonchev–Trinajstić information content (AvgIpc) is 2.32. The summed E-state index contributed by atoms with van der Waals surface area (Å²) < 4.78 is 5.08. The van der Waals surface area contributed by atoms with E-state index in [1.54, 1.807) is 45.1 Å². The van der Waals surface area contributed by atoms with Crippen LogP contribution in [-0.2, 0) is 4.74 Å². The van der Waals surface area contributed by atoms with Crippen LogP contribution in [0.15, 0.2) is 24.3 Å². The van der Waals surface area contributed by atoms with Crippen LogP contribution in [0.3, 0.4) is 0 Å². The van der Waals surface area contributed by atoms with E-state index in [4.69, 9.17) is 4.74 Å². The van der Waals surface area contributed by atoms with Crippen LogP contribution in [0.25, 0.3) is 6.08 Å². The Balaban J connectivity index is 2.64. The Bertz CT molecular complexity index is 559. The largest absolute Gasteiger partial charge is 0.444 e. The van der Waals surface area contributed by atoms with Gasteiger partial charge in [0.1, 0.15) is 5.60 Å². The van der Waals surface area contributed by atoms with Gasteiger partial charge in [-0.25, -0.2) is 4.79 Å². The Morgan fingerprint density at radius 3 is 2.67 bits per heavy atom. The van der Waals surface area contributed by atoms with Crippen LogP contribution in [0.2, 0.25) is 0 Å². The summed E-state index contributed by atoms with van der Waals surface area (Å²) in [6, 6.07) is 4.88. The Morgan fingerprint density at radius 2 is 2.10 bits per heavy atom. The maximum Gasteiger partial charge on any atom is 0.407 e. The number of nitrogens with zero attached hydrogens (tertiary/aromatic N) is 1. The van der Waals surface area contributed by atoms with Gasteiger partial charge in [-0.05, 0) is 33.8 Å². The molecular formula is C15H20N2O4. The molecule has 6 heteroatoms. The standard InChI is InChI=1S/C15H20N2O4/c1-11-7-8-13(17(19)20)12(10-11)6-5-9-16-14(18)21-15(2,3)4/h5-8,10H,9H2,1-4H3,(H,16,18). The van der Waals surface area contributed by atoms with Crippen LogP contribution in [0.5, 0.6) is 0 Å². The van der Waals surface area contributed by atoms with E-state index in [9.17, 15) is 14.9 Å². The van der Waals surface area contributed by atoms with E-state index < -0.39 is 16.6 Å². The van der Waals surface area contributed by atoms with Crippen LogP contribution >= 0.6 is 0 Å². The Morgan fingerprint density at radius 1 is 1.43 bits per heavy atom. The number of amides is 1. The van der Waals surface area contributed by atoms with Crippen molar-refractivity contribution in [3.8, 4) is 0 Å². The van der Waals surface area contributed by atoms with Crippen molar-refractivity contribution in [2.75, 3.05) is 6.54 Å². The van der Waals surface area contributed by atoms with Crippen LogP contribution in [0.1, 0.15) is 31.9 Å². The second-order valence-electron chi connectivity index (χ2n) is 5.60. The molecule has 6 nitrogen and oxygen atoms in total. The zero-order valence-corrected chi connectivity index (χ0v) is 12.7. The van der Waals surface area contributed by atoms with Crippen molar-refractivity contribution in [3.63, 3.8) is 0 Å². The van der Waals surface area contributed by atoms with Gasteiger partial charge in [0, 0.05) is 12.6 Å². The first-order valence-corrected chi connectivity index (χ1v) is 6.57. The number of aryl methyl sites for hydroxylation is 1. The van der Waals surface area contributed by atoms with Gasteiger partial charge in [0.05, 0.1) is 10.5 Å². The first-order chi connectivity index (χ1) is 9.69. The van der Waals surface area contributed by atoms with Crippen molar-refractivity contribution in [1.82, 2.24) is 5.32 Å². The molecule has 1 aromatic carbocycles. The van der Waals surface area contributed by atoms with E-state index in [1.807, 2.05) is 6.92 Å². The summed E-state index contributed by atoms with van der Waals surface area (Å²) in [7, 11) is 0. The molecule has 0 saturated heterocycles. The zero-order chi connectivity index (χ0) is 16.0. The zero-order valence-electron chi connectivity index (χ0n) is 12.7. The predicted molar refractivity (Wildman–Crippen MR) is 81.1 cm³/mol. The molecule has 0 radical (unpaired) electrons. The SMILES string of the molecule is Cc1ccc([N+](=O)[O-])c(C=CCNC(=O)OC(C)(C)C)c1. The van der Waals surface area contributed by atoms with Gasteiger partial charge in [0.25, 0.3) is 5.69 Å². The summed E-state index contributed by atoms with van der Waals surface area (Å²) in [5, 5.41) is 13.5. The fourth-order valence-corrected chi connectivity index (χ4v) is 1.62. The minimum absolute atomic E-state index is 0.0362. The molecule has 114 valence electrons. The molecule has 21 heavy (non-hydrogen) atoms. The lowest BCUT2D eigenvalue weighted by atomic mass is 10.1. The molecule has 1 amide bonds. The molecular weight excluding hydrogens is 272 g/mol. The normalized spacial score (nSPS) is 11.4. The van der Waals surface area contributed by atoms with Gasteiger partial charge in [0.2, 0.25) is 0 Å². The highest BCUT2D eigenvalue weighted by atomic mass is 16.6. The van der Waals surface area contributed by atoms with Gasteiger partial charge in [-0.15, -0.1) is 0 Å². The summed E-state index contributed by atoms with van der Waals surface area (Å²) in [4.78, 5) is 21.9. The van der Waals surface area contributed by atoms with E-state index >= 15 is 0 Å². The van der Waals surface area contributed by atoms with Gasteiger partial charge < -0.3 is 10.1 Å². The molecule has 1 aromatic rings. The number of nitro groups is 1. The highest BCUT2D eigenvalue weighted by molar-refractivity contribution is 5.68. The quantitative estimate of drug-likeness (QED) is 0.680. The van der Waals surface area contributed by atoms with E-state index in [0.29, 0.717) is 5.56 Å². The van der Waals surface area contributed by atoms with Crippen LogP contribution in [0, 0.1) is 17.0 Å². The number of nitro benzene ring substituents is 1. The minimum atomic E-state index is -0.552. The monoisotopic (exact) mass is 292 g/mol. The fourth-order valence-electron chi connectivity index (χ4n) is 1.62. The summed E-state index contributed by atoms with van der Waals surface area (Å²) in [6.45, 7) is 7.43. The van der Waals surface area contributed by atoms with Crippen LogP contribution < -0.4 is 5.32 Å². The maximum absolute atomic E-state index is 11.4. The Hall–Kier alpha value is -2.37.